The number of hydrogen-bond acceptors (Lipinski definition) is 5. The van der Waals surface area contributed by atoms with Gasteiger partial charge in [0.25, 0.3) is 5.91 Å². The minimum atomic E-state index is -0.676. The van der Waals surface area contributed by atoms with Crippen LogP contribution in [0.1, 0.15) is 66.6 Å². The number of piperidine rings is 1. The summed E-state index contributed by atoms with van der Waals surface area (Å²) in [6.45, 7) is 6.25. The second-order valence-corrected chi connectivity index (χ2v) is 10.7. The molecule has 2 unspecified atom stereocenters. The van der Waals surface area contributed by atoms with Crippen LogP contribution in [0.25, 0.3) is 0 Å². The summed E-state index contributed by atoms with van der Waals surface area (Å²) in [5.74, 6) is -1.86. The topological polar surface area (TPSA) is 137 Å². The molecule has 38 heavy (non-hydrogen) atoms. The van der Waals surface area contributed by atoms with Gasteiger partial charge in [-0.1, -0.05) is 42.5 Å². The van der Waals surface area contributed by atoms with Crippen LogP contribution in [0.3, 0.4) is 0 Å². The van der Waals surface area contributed by atoms with E-state index < -0.39 is 23.4 Å². The number of carbonyl (C=O) groups is 5. The molecule has 0 aromatic heterocycles. The minimum Gasteiger partial charge on any atom is -0.351 e. The van der Waals surface area contributed by atoms with Crippen molar-refractivity contribution in [1.29, 1.82) is 0 Å². The number of nitrogens with one attached hydrogen (secondary N) is 4. The molecule has 2 aliphatic rings. The monoisotopic (exact) mass is 519 g/mol. The molecule has 10 heteroatoms. The third-order valence-electron chi connectivity index (χ3n) is 6.53. The van der Waals surface area contributed by atoms with Gasteiger partial charge in [-0.15, -0.1) is 0 Å². The largest absolute Gasteiger partial charge is 0.351 e. The standard InChI is InChI=1S/C28H33N5O5/c1-28(2,3)32-27(38)30-15-21(18-7-5-4-6-8-18)24(35)29-14-17-9-10-20-19(13-17)16-33(26(20)37)22-11-12-23(34)31-25(22)36/h4-10,13,21-22H,11-12,14-16H2,1-3H3,(H,29,35)(H2,30,32,38)(H,31,34,36). The number of fused-ring (bicyclic) bond motifs is 1. The molecule has 6 amide bonds. The van der Waals surface area contributed by atoms with E-state index in [1.54, 1.807) is 12.1 Å². The van der Waals surface area contributed by atoms with Crippen molar-refractivity contribution in [2.45, 2.75) is 64.2 Å². The molecule has 2 heterocycles. The molecule has 0 spiro atoms. The Hall–Kier alpha value is -4.21. The van der Waals surface area contributed by atoms with Gasteiger partial charge in [-0.3, -0.25) is 24.5 Å². The second-order valence-electron chi connectivity index (χ2n) is 10.7. The molecule has 0 aliphatic carbocycles. The Morgan fingerprint density at radius 1 is 1.05 bits per heavy atom. The highest BCUT2D eigenvalue weighted by Crippen LogP contribution is 2.28. The molecule has 2 atom stereocenters. The van der Waals surface area contributed by atoms with Crippen LogP contribution in [0.15, 0.2) is 48.5 Å². The molecule has 1 fully saturated rings. The lowest BCUT2D eigenvalue weighted by molar-refractivity contribution is -0.137. The third kappa shape index (κ3) is 6.37. The third-order valence-corrected chi connectivity index (χ3v) is 6.53. The highest BCUT2D eigenvalue weighted by molar-refractivity contribution is 6.05. The molecule has 2 aliphatic heterocycles. The lowest BCUT2D eigenvalue weighted by Gasteiger charge is -2.29. The Bertz CT molecular complexity index is 1250. The zero-order valence-electron chi connectivity index (χ0n) is 21.8. The van der Waals surface area contributed by atoms with Crippen molar-refractivity contribution in [2.24, 2.45) is 0 Å². The van der Waals surface area contributed by atoms with Gasteiger partial charge in [0.1, 0.15) is 6.04 Å². The van der Waals surface area contributed by atoms with E-state index in [2.05, 4.69) is 21.3 Å². The van der Waals surface area contributed by atoms with Crippen molar-refractivity contribution >= 4 is 29.7 Å². The number of rotatable bonds is 7. The molecule has 10 nitrogen and oxygen atoms in total. The van der Waals surface area contributed by atoms with Crippen LogP contribution in [-0.2, 0) is 27.5 Å². The minimum absolute atomic E-state index is 0.122. The van der Waals surface area contributed by atoms with Gasteiger partial charge in [-0.05, 0) is 49.9 Å². The van der Waals surface area contributed by atoms with Crippen molar-refractivity contribution in [2.75, 3.05) is 6.54 Å². The summed E-state index contributed by atoms with van der Waals surface area (Å²) in [6, 6.07) is 13.5. The van der Waals surface area contributed by atoms with Crippen molar-refractivity contribution in [1.82, 2.24) is 26.2 Å². The highest BCUT2D eigenvalue weighted by Gasteiger charge is 2.39. The first-order valence-corrected chi connectivity index (χ1v) is 12.7. The van der Waals surface area contributed by atoms with Crippen LogP contribution in [0.5, 0.6) is 0 Å². The van der Waals surface area contributed by atoms with Crippen LogP contribution in [-0.4, -0.2) is 52.7 Å². The first-order chi connectivity index (χ1) is 18.0. The Kier molecular flexibility index (Phi) is 7.80. The summed E-state index contributed by atoms with van der Waals surface area (Å²) in [6.07, 6.45) is 0.499. The molecule has 4 rings (SSSR count). The van der Waals surface area contributed by atoms with Crippen LogP contribution >= 0.6 is 0 Å². The summed E-state index contributed by atoms with van der Waals surface area (Å²) in [4.78, 5) is 63.6. The molecule has 2 aromatic rings. The summed E-state index contributed by atoms with van der Waals surface area (Å²) >= 11 is 0. The van der Waals surface area contributed by atoms with E-state index in [-0.39, 0.29) is 49.8 Å². The number of urea groups is 1. The highest BCUT2D eigenvalue weighted by atomic mass is 16.2. The van der Waals surface area contributed by atoms with Gasteiger partial charge in [-0.25, -0.2) is 4.79 Å². The fourth-order valence-corrected chi connectivity index (χ4v) is 4.68. The Morgan fingerprint density at radius 2 is 1.79 bits per heavy atom. The van der Waals surface area contributed by atoms with Crippen molar-refractivity contribution < 1.29 is 24.0 Å². The lowest BCUT2D eigenvalue weighted by Crippen LogP contribution is -2.52. The van der Waals surface area contributed by atoms with Crippen LogP contribution < -0.4 is 21.3 Å². The SMILES string of the molecule is CC(C)(C)NC(=O)NCC(C(=O)NCc1ccc2c(c1)CN(C1CCC(=O)NC1=O)C2=O)c1ccccc1. The van der Waals surface area contributed by atoms with E-state index in [0.29, 0.717) is 12.0 Å². The summed E-state index contributed by atoms with van der Waals surface area (Å²) in [5.41, 5.74) is 2.46. The van der Waals surface area contributed by atoms with Gasteiger partial charge < -0.3 is 20.9 Å². The van der Waals surface area contributed by atoms with E-state index in [0.717, 1.165) is 16.7 Å². The van der Waals surface area contributed by atoms with Gasteiger partial charge in [0.15, 0.2) is 0 Å². The smallest absolute Gasteiger partial charge is 0.315 e. The van der Waals surface area contributed by atoms with Gasteiger partial charge in [0.05, 0.1) is 5.92 Å². The average Bonchev–Trinajstić information content (AvgIpc) is 3.18. The molecular formula is C28H33N5O5. The van der Waals surface area contributed by atoms with E-state index >= 15 is 0 Å². The second kappa shape index (κ2) is 11.0. The number of amides is 6. The summed E-state index contributed by atoms with van der Waals surface area (Å²) < 4.78 is 0. The zero-order chi connectivity index (χ0) is 27.4. The van der Waals surface area contributed by atoms with Crippen LogP contribution in [0, 0.1) is 0 Å². The number of nitrogens with zero attached hydrogens (tertiary/aromatic N) is 1. The molecule has 4 N–H and O–H groups in total. The molecule has 0 bridgehead atoms. The fourth-order valence-electron chi connectivity index (χ4n) is 4.68. The predicted octanol–water partition coefficient (Wildman–Crippen LogP) is 1.95. The van der Waals surface area contributed by atoms with Gasteiger partial charge in [0, 0.05) is 37.2 Å². The van der Waals surface area contributed by atoms with E-state index in [4.69, 9.17) is 0 Å². The maximum absolute atomic E-state index is 13.2. The molecular weight excluding hydrogens is 486 g/mol. The van der Waals surface area contributed by atoms with Gasteiger partial charge in [-0.2, -0.15) is 0 Å². The van der Waals surface area contributed by atoms with Gasteiger partial charge in [0.2, 0.25) is 17.7 Å². The Labute approximate surface area is 221 Å². The van der Waals surface area contributed by atoms with Gasteiger partial charge >= 0.3 is 6.03 Å². The quantitative estimate of drug-likeness (QED) is 0.415. The Morgan fingerprint density at radius 3 is 2.47 bits per heavy atom. The number of benzene rings is 2. The molecule has 2 aromatic carbocycles. The van der Waals surface area contributed by atoms with Crippen molar-refractivity contribution in [3.8, 4) is 0 Å². The Balaban J connectivity index is 1.40. The predicted molar refractivity (Wildman–Crippen MR) is 140 cm³/mol. The molecule has 200 valence electrons. The lowest BCUT2D eigenvalue weighted by atomic mass is 9.98. The first kappa shape index (κ1) is 26.8. The summed E-state index contributed by atoms with van der Waals surface area (Å²) in [7, 11) is 0. The van der Waals surface area contributed by atoms with E-state index in [1.165, 1.54) is 4.90 Å². The van der Waals surface area contributed by atoms with Crippen LogP contribution in [0.2, 0.25) is 0 Å². The van der Waals surface area contributed by atoms with Crippen molar-refractivity contribution in [3.05, 3.63) is 70.8 Å². The molecule has 1 saturated heterocycles. The van der Waals surface area contributed by atoms with E-state index in [9.17, 15) is 24.0 Å². The number of hydrogen-bond donors (Lipinski definition) is 4. The van der Waals surface area contributed by atoms with E-state index in [1.807, 2.05) is 57.2 Å². The number of imide groups is 1. The maximum Gasteiger partial charge on any atom is 0.315 e. The van der Waals surface area contributed by atoms with Crippen molar-refractivity contribution in [3.63, 3.8) is 0 Å². The normalized spacial score (nSPS) is 17.9. The first-order valence-electron chi connectivity index (χ1n) is 12.7. The summed E-state index contributed by atoms with van der Waals surface area (Å²) in [5, 5.41) is 10.9. The average molecular weight is 520 g/mol. The maximum atomic E-state index is 13.2. The molecule has 0 saturated carbocycles. The van der Waals surface area contributed by atoms with Crippen LogP contribution in [0.4, 0.5) is 4.79 Å². The zero-order valence-corrected chi connectivity index (χ0v) is 21.8. The fraction of sp³-hybridized carbons (Fsp3) is 0.393. The molecule has 0 radical (unpaired) electrons. The number of carbonyl (C=O) groups excluding carboxylic acids is 5.